The Labute approximate surface area is 182 Å². The van der Waals surface area contributed by atoms with E-state index in [1.54, 1.807) is 40.5 Å². The molecule has 0 unspecified atom stereocenters. The molecule has 1 fully saturated rings. The maximum atomic E-state index is 13.5. The molecule has 1 aliphatic heterocycles. The second-order valence-corrected chi connectivity index (χ2v) is 8.23. The first-order valence-corrected chi connectivity index (χ1v) is 10.6. The van der Waals surface area contributed by atoms with E-state index in [-0.39, 0.29) is 43.3 Å². The van der Waals surface area contributed by atoms with E-state index in [2.05, 4.69) is 9.97 Å². The van der Waals surface area contributed by atoms with E-state index in [0.717, 1.165) is 5.69 Å². The average Bonchev–Trinajstić information content (AvgIpc) is 2.90. The van der Waals surface area contributed by atoms with Gasteiger partial charge in [-0.15, -0.1) is 0 Å². The van der Waals surface area contributed by atoms with Crippen LogP contribution in [-0.2, 0) is 27.4 Å². The van der Waals surface area contributed by atoms with Gasteiger partial charge in [0.05, 0.1) is 24.9 Å². The molecule has 1 saturated heterocycles. The highest BCUT2D eigenvalue weighted by Crippen LogP contribution is 2.15. The first-order valence-electron chi connectivity index (χ1n) is 10.6. The molecule has 0 bridgehead atoms. The standard InChI is InChI=1S/C23H29FN4O3/c1-17(2)12-27-13-21(31-16-18-4-3-5-19(24)10-18)14-28(15-23(27)30)22(29)7-6-20-11-25-8-9-26-20/h3-5,8-11,17,21H,6-7,12-16H2,1-2H3/t21-/m0/s1. The van der Waals surface area contributed by atoms with Gasteiger partial charge >= 0.3 is 0 Å². The van der Waals surface area contributed by atoms with Gasteiger partial charge in [-0.1, -0.05) is 26.0 Å². The van der Waals surface area contributed by atoms with Gasteiger partial charge < -0.3 is 14.5 Å². The molecule has 2 amide bonds. The molecule has 31 heavy (non-hydrogen) atoms. The summed E-state index contributed by atoms with van der Waals surface area (Å²) in [5.41, 5.74) is 1.45. The second kappa shape index (κ2) is 10.9. The maximum absolute atomic E-state index is 13.5. The number of hydrogen-bond acceptors (Lipinski definition) is 5. The van der Waals surface area contributed by atoms with Gasteiger partial charge in [-0.05, 0) is 30.0 Å². The van der Waals surface area contributed by atoms with E-state index in [1.807, 2.05) is 13.8 Å². The SMILES string of the molecule is CC(C)CN1C[C@H](OCc2cccc(F)c2)CN(C(=O)CCc2cnccn2)CC1=O. The van der Waals surface area contributed by atoms with E-state index in [0.29, 0.717) is 37.5 Å². The van der Waals surface area contributed by atoms with Crippen LogP contribution in [0.4, 0.5) is 4.39 Å². The summed E-state index contributed by atoms with van der Waals surface area (Å²) < 4.78 is 19.5. The fraction of sp³-hybridized carbons (Fsp3) is 0.478. The normalized spacial score (nSPS) is 17.2. The van der Waals surface area contributed by atoms with Crippen LogP contribution in [0, 0.1) is 11.7 Å². The Bertz CT molecular complexity index is 878. The molecule has 1 aliphatic rings. The number of carbonyl (C=O) groups excluding carboxylic acids is 2. The highest BCUT2D eigenvalue weighted by Gasteiger charge is 2.31. The number of hydrogen-bond donors (Lipinski definition) is 0. The Balaban J connectivity index is 1.67. The van der Waals surface area contributed by atoms with E-state index >= 15 is 0 Å². The summed E-state index contributed by atoms with van der Waals surface area (Å²) >= 11 is 0. The zero-order valence-electron chi connectivity index (χ0n) is 18.0. The van der Waals surface area contributed by atoms with Crippen LogP contribution in [-0.4, -0.2) is 63.9 Å². The average molecular weight is 429 g/mol. The van der Waals surface area contributed by atoms with Gasteiger partial charge in [-0.3, -0.25) is 19.6 Å². The Morgan fingerprint density at radius 2 is 2.13 bits per heavy atom. The van der Waals surface area contributed by atoms with Crippen molar-refractivity contribution in [2.75, 3.05) is 26.2 Å². The van der Waals surface area contributed by atoms with Crippen LogP contribution >= 0.6 is 0 Å². The summed E-state index contributed by atoms with van der Waals surface area (Å²) in [5, 5.41) is 0. The summed E-state index contributed by atoms with van der Waals surface area (Å²) in [6.45, 7) is 5.66. The van der Waals surface area contributed by atoms with Gasteiger partial charge in [-0.25, -0.2) is 4.39 Å². The molecule has 8 heteroatoms. The van der Waals surface area contributed by atoms with Crippen molar-refractivity contribution in [2.45, 2.75) is 39.4 Å². The zero-order chi connectivity index (χ0) is 22.2. The molecule has 0 saturated carbocycles. The molecule has 7 nitrogen and oxygen atoms in total. The van der Waals surface area contributed by atoms with Crippen LogP contribution in [0.15, 0.2) is 42.9 Å². The number of ether oxygens (including phenoxy) is 1. The molecular formula is C23H29FN4O3. The number of nitrogens with zero attached hydrogens (tertiary/aromatic N) is 4. The van der Waals surface area contributed by atoms with Crippen molar-refractivity contribution in [3.05, 3.63) is 59.9 Å². The van der Waals surface area contributed by atoms with Crippen molar-refractivity contribution in [1.82, 2.24) is 19.8 Å². The molecule has 0 N–H and O–H groups in total. The second-order valence-electron chi connectivity index (χ2n) is 8.23. The summed E-state index contributed by atoms with van der Waals surface area (Å²) in [4.78, 5) is 37.2. The predicted molar refractivity (Wildman–Crippen MR) is 113 cm³/mol. The third-order valence-electron chi connectivity index (χ3n) is 5.05. The van der Waals surface area contributed by atoms with Gasteiger partial charge in [0.1, 0.15) is 5.82 Å². The lowest BCUT2D eigenvalue weighted by Gasteiger charge is -2.26. The summed E-state index contributed by atoms with van der Waals surface area (Å²) in [6.07, 6.45) is 5.16. The lowest BCUT2D eigenvalue weighted by molar-refractivity contribution is -0.139. The van der Waals surface area contributed by atoms with Crippen LogP contribution in [0.2, 0.25) is 0 Å². The molecule has 0 aliphatic carbocycles. The number of aryl methyl sites for hydroxylation is 1. The Morgan fingerprint density at radius 1 is 1.29 bits per heavy atom. The van der Waals surface area contributed by atoms with E-state index in [4.69, 9.17) is 4.74 Å². The number of aromatic nitrogens is 2. The molecule has 1 aromatic heterocycles. The van der Waals surface area contributed by atoms with Crippen LogP contribution < -0.4 is 0 Å². The lowest BCUT2D eigenvalue weighted by atomic mass is 10.2. The molecule has 1 atom stereocenters. The van der Waals surface area contributed by atoms with Crippen LogP contribution in [0.5, 0.6) is 0 Å². The number of rotatable bonds is 8. The van der Waals surface area contributed by atoms with Crippen LogP contribution in [0.1, 0.15) is 31.5 Å². The summed E-state index contributed by atoms with van der Waals surface area (Å²) in [7, 11) is 0. The summed E-state index contributed by atoms with van der Waals surface area (Å²) in [6, 6.07) is 6.24. The predicted octanol–water partition coefficient (Wildman–Crippen LogP) is 2.46. The minimum atomic E-state index is -0.353. The molecule has 1 aromatic carbocycles. The van der Waals surface area contributed by atoms with Gasteiger partial charge in [0.2, 0.25) is 11.8 Å². The summed E-state index contributed by atoms with van der Waals surface area (Å²) in [5.74, 6) is -0.228. The van der Waals surface area contributed by atoms with Gasteiger partial charge in [0.25, 0.3) is 0 Å². The van der Waals surface area contributed by atoms with Crippen molar-refractivity contribution in [3.63, 3.8) is 0 Å². The minimum absolute atomic E-state index is 0.0336. The lowest BCUT2D eigenvalue weighted by Crippen LogP contribution is -2.40. The smallest absolute Gasteiger partial charge is 0.242 e. The third-order valence-corrected chi connectivity index (χ3v) is 5.05. The van der Waals surface area contributed by atoms with Crippen LogP contribution in [0.25, 0.3) is 0 Å². The van der Waals surface area contributed by atoms with E-state index in [1.165, 1.54) is 12.1 Å². The fourth-order valence-electron chi connectivity index (χ4n) is 3.58. The molecular weight excluding hydrogens is 399 g/mol. The van der Waals surface area contributed by atoms with E-state index < -0.39 is 0 Å². The van der Waals surface area contributed by atoms with Gasteiger partial charge in [-0.2, -0.15) is 0 Å². The Kier molecular flexibility index (Phi) is 8.06. The number of amides is 2. The molecule has 2 heterocycles. The highest BCUT2D eigenvalue weighted by molar-refractivity contribution is 5.85. The van der Waals surface area contributed by atoms with Crippen molar-refractivity contribution in [3.8, 4) is 0 Å². The molecule has 3 rings (SSSR count). The van der Waals surface area contributed by atoms with Gasteiger partial charge in [0, 0.05) is 44.6 Å². The number of benzene rings is 1. The Morgan fingerprint density at radius 3 is 2.84 bits per heavy atom. The number of carbonyl (C=O) groups is 2. The highest BCUT2D eigenvalue weighted by atomic mass is 19.1. The van der Waals surface area contributed by atoms with Crippen LogP contribution in [0.3, 0.4) is 0 Å². The van der Waals surface area contributed by atoms with Gasteiger partial charge in [0.15, 0.2) is 0 Å². The minimum Gasteiger partial charge on any atom is -0.370 e. The Hall–Kier alpha value is -2.87. The molecule has 0 radical (unpaired) electrons. The number of halogens is 1. The monoisotopic (exact) mass is 428 g/mol. The first-order chi connectivity index (χ1) is 14.9. The molecule has 0 spiro atoms. The molecule has 2 aromatic rings. The quantitative estimate of drug-likeness (QED) is 0.646. The maximum Gasteiger partial charge on any atom is 0.242 e. The van der Waals surface area contributed by atoms with Crippen molar-refractivity contribution < 1.29 is 18.7 Å². The third kappa shape index (κ3) is 7.10. The zero-order valence-corrected chi connectivity index (χ0v) is 18.0. The van der Waals surface area contributed by atoms with Crippen molar-refractivity contribution >= 4 is 11.8 Å². The van der Waals surface area contributed by atoms with E-state index in [9.17, 15) is 14.0 Å². The fourth-order valence-corrected chi connectivity index (χ4v) is 3.58. The van der Waals surface area contributed by atoms with Crippen molar-refractivity contribution in [2.24, 2.45) is 5.92 Å². The van der Waals surface area contributed by atoms with Crippen molar-refractivity contribution in [1.29, 1.82) is 0 Å². The first kappa shape index (κ1) is 22.8. The topological polar surface area (TPSA) is 75.6 Å². The molecule has 166 valence electrons. The largest absolute Gasteiger partial charge is 0.370 e.